The van der Waals surface area contributed by atoms with Gasteiger partial charge in [0, 0.05) is 5.69 Å². The maximum absolute atomic E-state index is 13.3. The number of urea groups is 1. The molecule has 0 saturated carbocycles. The molecule has 0 unspecified atom stereocenters. The minimum absolute atomic E-state index is 0.304. The van der Waals surface area contributed by atoms with E-state index in [9.17, 15) is 14.4 Å². The summed E-state index contributed by atoms with van der Waals surface area (Å²) >= 11 is 0. The van der Waals surface area contributed by atoms with Crippen LogP contribution in [0.4, 0.5) is 10.5 Å². The van der Waals surface area contributed by atoms with Crippen molar-refractivity contribution in [3.8, 4) is 0 Å². The fourth-order valence-corrected chi connectivity index (χ4v) is 4.43. The molecule has 1 heterocycles. The van der Waals surface area contributed by atoms with Gasteiger partial charge in [0.25, 0.3) is 5.91 Å². The molecule has 2 N–H and O–H groups in total. The van der Waals surface area contributed by atoms with Crippen molar-refractivity contribution in [2.75, 3.05) is 11.9 Å². The summed E-state index contributed by atoms with van der Waals surface area (Å²) in [6.45, 7) is 3.99. The highest BCUT2D eigenvalue weighted by Gasteiger charge is 2.54. The number of hydrogen-bond acceptors (Lipinski definition) is 3. The molecule has 0 bridgehead atoms. The fraction of sp³-hybridized carbons (Fsp3) is 0.375. The molecular formula is C24H27N3O3. The zero-order chi connectivity index (χ0) is 21.3. The molecule has 4 amide bonds. The van der Waals surface area contributed by atoms with Crippen LogP contribution in [0.1, 0.15) is 55.7 Å². The molecule has 6 heteroatoms. The van der Waals surface area contributed by atoms with Crippen LogP contribution in [0.25, 0.3) is 0 Å². The molecule has 0 aromatic heterocycles. The van der Waals surface area contributed by atoms with E-state index in [2.05, 4.69) is 24.5 Å². The van der Waals surface area contributed by atoms with Crippen LogP contribution in [0.5, 0.6) is 0 Å². The second-order valence-corrected chi connectivity index (χ2v) is 8.22. The van der Waals surface area contributed by atoms with Crippen molar-refractivity contribution in [3.63, 3.8) is 0 Å². The summed E-state index contributed by atoms with van der Waals surface area (Å²) in [5, 5.41) is 5.67. The largest absolute Gasteiger partial charge is 0.325 e. The SMILES string of the molecule is CC[C@@H](C)c1ccc(NC(=O)CN2C(=O)N[C@]3(CCCc4ccccc43)C2=O)cc1. The number of anilines is 1. The standard InChI is InChI=1S/C24H27N3O3/c1-3-16(2)17-10-12-19(13-11-17)25-21(28)15-27-22(29)24(26-23(27)30)14-6-8-18-7-4-5-9-20(18)24/h4-5,7,9-13,16H,3,6,8,14-15H2,1-2H3,(H,25,28)(H,26,30)/t16-,24+/m1/s1. The molecule has 1 aliphatic heterocycles. The van der Waals surface area contributed by atoms with Gasteiger partial charge in [-0.05, 0) is 60.4 Å². The van der Waals surface area contributed by atoms with Gasteiger partial charge >= 0.3 is 6.03 Å². The molecule has 1 aliphatic carbocycles. The zero-order valence-corrected chi connectivity index (χ0v) is 17.4. The Labute approximate surface area is 176 Å². The minimum atomic E-state index is -1.05. The van der Waals surface area contributed by atoms with Gasteiger partial charge in [0.1, 0.15) is 12.1 Å². The van der Waals surface area contributed by atoms with E-state index in [0.717, 1.165) is 35.3 Å². The lowest BCUT2D eigenvalue weighted by Gasteiger charge is -2.33. The molecule has 1 saturated heterocycles. The Morgan fingerprint density at radius 1 is 1.17 bits per heavy atom. The summed E-state index contributed by atoms with van der Waals surface area (Å²) in [4.78, 5) is 39.5. The van der Waals surface area contributed by atoms with Crippen molar-refractivity contribution < 1.29 is 14.4 Å². The van der Waals surface area contributed by atoms with Crippen LogP contribution in [-0.4, -0.2) is 29.3 Å². The number of imide groups is 1. The molecule has 6 nitrogen and oxygen atoms in total. The van der Waals surface area contributed by atoms with Crippen molar-refractivity contribution in [2.24, 2.45) is 0 Å². The van der Waals surface area contributed by atoms with Crippen LogP contribution in [0.2, 0.25) is 0 Å². The molecule has 1 fully saturated rings. The normalized spacial score (nSPS) is 21.3. The summed E-state index contributed by atoms with van der Waals surface area (Å²) in [6, 6.07) is 14.9. The van der Waals surface area contributed by atoms with Gasteiger partial charge < -0.3 is 10.6 Å². The van der Waals surface area contributed by atoms with Crippen molar-refractivity contribution in [1.82, 2.24) is 10.2 Å². The van der Waals surface area contributed by atoms with Crippen molar-refractivity contribution >= 4 is 23.5 Å². The van der Waals surface area contributed by atoms with Gasteiger partial charge in [-0.3, -0.25) is 14.5 Å². The molecule has 2 atom stereocenters. The Morgan fingerprint density at radius 2 is 1.90 bits per heavy atom. The van der Waals surface area contributed by atoms with E-state index in [-0.39, 0.29) is 12.5 Å². The van der Waals surface area contributed by atoms with Gasteiger partial charge in [0.05, 0.1) is 0 Å². The first kappa shape index (κ1) is 20.1. The predicted molar refractivity (Wildman–Crippen MR) is 115 cm³/mol. The summed E-state index contributed by atoms with van der Waals surface area (Å²) in [5.41, 5.74) is 2.73. The molecule has 156 valence electrons. The molecular weight excluding hydrogens is 378 g/mol. The van der Waals surface area contributed by atoms with Crippen molar-refractivity contribution in [1.29, 1.82) is 0 Å². The molecule has 2 aromatic carbocycles. The van der Waals surface area contributed by atoms with Crippen LogP contribution in [-0.2, 0) is 21.5 Å². The van der Waals surface area contributed by atoms with Crippen LogP contribution in [0, 0.1) is 0 Å². The van der Waals surface area contributed by atoms with Gasteiger partial charge in [0.2, 0.25) is 5.91 Å². The summed E-state index contributed by atoms with van der Waals surface area (Å²) in [7, 11) is 0. The van der Waals surface area contributed by atoms with Crippen LogP contribution < -0.4 is 10.6 Å². The number of carbonyl (C=O) groups is 3. The Bertz CT molecular complexity index is 985. The van der Waals surface area contributed by atoms with Gasteiger partial charge in [0.15, 0.2) is 0 Å². The third-order valence-corrected chi connectivity index (χ3v) is 6.33. The maximum Gasteiger partial charge on any atom is 0.325 e. The molecule has 2 aliphatic rings. The van der Waals surface area contributed by atoms with Gasteiger partial charge in [-0.15, -0.1) is 0 Å². The number of rotatable bonds is 5. The number of amides is 4. The zero-order valence-electron chi connectivity index (χ0n) is 17.4. The molecule has 30 heavy (non-hydrogen) atoms. The van der Waals surface area contributed by atoms with Crippen LogP contribution >= 0.6 is 0 Å². The fourth-order valence-electron chi connectivity index (χ4n) is 4.43. The highest BCUT2D eigenvalue weighted by molar-refractivity contribution is 6.10. The van der Waals surface area contributed by atoms with Crippen LogP contribution in [0.15, 0.2) is 48.5 Å². The third-order valence-electron chi connectivity index (χ3n) is 6.33. The number of fused-ring (bicyclic) bond motifs is 2. The minimum Gasteiger partial charge on any atom is -0.325 e. The number of benzene rings is 2. The number of nitrogens with one attached hydrogen (secondary N) is 2. The number of nitrogens with zero attached hydrogens (tertiary/aromatic N) is 1. The van der Waals surface area contributed by atoms with Crippen LogP contribution in [0.3, 0.4) is 0 Å². The predicted octanol–water partition coefficient (Wildman–Crippen LogP) is 3.92. The number of aryl methyl sites for hydroxylation is 1. The first-order valence-electron chi connectivity index (χ1n) is 10.6. The average Bonchev–Trinajstić information content (AvgIpc) is 2.98. The van der Waals surface area contributed by atoms with Gasteiger partial charge in [-0.1, -0.05) is 50.2 Å². The van der Waals surface area contributed by atoms with Crippen molar-refractivity contribution in [2.45, 2.75) is 51.0 Å². The average molecular weight is 405 g/mol. The van der Waals surface area contributed by atoms with Gasteiger partial charge in [-0.2, -0.15) is 0 Å². The molecule has 0 radical (unpaired) electrons. The van der Waals surface area contributed by atoms with E-state index < -0.39 is 17.5 Å². The molecule has 2 aromatic rings. The first-order chi connectivity index (χ1) is 14.4. The summed E-state index contributed by atoms with van der Waals surface area (Å²) in [5.74, 6) is -0.284. The van der Waals surface area contributed by atoms with Gasteiger partial charge in [-0.25, -0.2) is 4.79 Å². The lowest BCUT2D eigenvalue weighted by Crippen LogP contribution is -2.47. The Morgan fingerprint density at radius 3 is 2.63 bits per heavy atom. The van der Waals surface area contributed by atoms with E-state index in [1.54, 1.807) is 0 Å². The monoisotopic (exact) mass is 405 g/mol. The summed E-state index contributed by atoms with van der Waals surface area (Å²) < 4.78 is 0. The molecule has 4 rings (SSSR count). The quantitative estimate of drug-likeness (QED) is 0.740. The lowest BCUT2D eigenvalue weighted by molar-refractivity contribution is -0.134. The highest BCUT2D eigenvalue weighted by atomic mass is 16.2. The Balaban J connectivity index is 1.47. The first-order valence-corrected chi connectivity index (χ1v) is 10.6. The van der Waals surface area contributed by atoms with E-state index in [1.165, 1.54) is 5.56 Å². The van der Waals surface area contributed by atoms with E-state index >= 15 is 0 Å². The summed E-state index contributed by atoms with van der Waals surface area (Å²) in [6.07, 6.45) is 3.28. The smallest absolute Gasteiger partial charge is 0.325 e. The highest BCUT2D eigenvalue weighted by Crippen LogP contribution is 2.39. The number of hydrogen-bond donors (Lipinski definition) is 2. The third kappa shape index (κ3) is 3.47. The topological polar surface area (TPSA) is 78.5 Å². The van der Waals surface area contributed by atoms with E-state index in [1.807, 2.05) is 48.5 Å². The molecule has 1 spiro atoms. The van der Waals surface area contributed by atoms with Crippen molar-refractivity contribution in [3.05, 3.63) is 65.2 Å². The second kappa shape index (κ2) is 7.94. The number of carbonyl (C=O) groups excluding carboxylic acids is 3. The second-order valence-electron chi connectivity index (χ2n) is 8.22. The maximum atomic E-state index is 13.3. The lowest BCUT2D eigenvalue weighted by atomic mass is 9.76. The van der Waals surface area contributed by atoms with E-state index in [4.69, 9.17) is 0 Å². The Hall–Kier alpha value is -3.15. The Kier molecular flexibility index (Phi) is 5.33. The van der Waals surface area contributed by atoms with E-state index in [0.29, 0.717) is 18.0 Å².